The van der Waals surface area contributed by atoms with E-state index in [4.69, 9.17) is 9.98 Å². The average molecular weight is 489 g/mol. The fourth-order valence-electron chi connectivity index (χ4n) is 5.86. The lowest BCUT2D eigenvalue weighted by molar-refractivity contribution is 0.905. The molecule has 7 aromatic rings. The molecular weight excluding hydrogens is 460 g/mol. The minimum atomic E-state index is 0.726. The summed E-state index contributed by atoms with van der Waals surface area (Å²) in [5.41, 5.74) is 2.61. The van der Waals surface area contributed by atoms with Gasteiger partial charge >= 0.3 is 0 Å². The van der Waals surface area contributed by atoms with Crippen LogP contribution >= 0.6 is 0 Å². The lowest BCUT2D eigenvalue weighted by Gasteiger charge is -2.15. The van der Waals surface area contributed by atoms with E-state index in [2.05, 4.69) is 121 Å². The van der Waals surface area contributed by atoms with Crippen molar-refractivity contribution in [2.75, 3.05) is 13.1 Å². The van der Waals surface area contributed by atoms with Gasteiger partial charge in [-0.1, -0.05) is 115 Å². The van der Waals surface area contributed by atoms with Gasteiger partial charge in [-0.25, -0.2) is 0 Å². The number of hydrogen-bond donors (Lipinski definition) is 0. The van der Waals surface area contributed by atoms with Crippen LogP contribution in [0.1, 0.15) is 11.1 Å². The van der Waals surface area contributed by atoms with Crippen molar-refractivity contribution in [1.82, 2.24) is 0 Å². The van der Waals surface area contributed by atoms with Crippen LogP contribution in [0.3, 0.4) is 0 Å². The van der Waals surface area contributed by atoms with Crippen molar-refractivity contribution in [1.29, 1.82) is 0 Å². The van der Waals surface area contributed by atoms with E-state index < -0.39 is 0 Å². The van der Waals surface area contributed by atoms with Gasteiger partial charge in [0.1, 0.15) is 0 Å². The van der Waals surface area contributed by atoms with Gasteiger partial charge in [-0.05, 0) is 67.7 Å². The van der Waals surface area contributed by atoms with Crippen molar-refractivity contribution in [3.05, 3.63) is 143 Å². The third-order valence-electron chi connectivity index (χ3n) is 7.62. The molecule has 0 amide bonds. The molecule has 0 atom stereocenters. The smallest absolute Gasteiger partial charge is 0.0911 e. The molecule has 0 radical (unpaired) electrons. The lowest BCUT2D eigenvalue weighted by atomic mass is 9.89. The first-order chi connectivity index (χ1) is 18.9. The van der Waals surface area contributed by atoms with Gasteiger partial charge in [0.15, 0.2) is 0 Å². The van der Waals surface area contributed by atoms with Gasteiger partial charge in [0.25, 0.3) is 0 Å². The summed E-state index contributed by atoms with van der Waals surface area (Å²) in [5, 5.41) is 12.2. The summed E-state index contributed by atoms with van der Waals surface area (Å²) in [5.74, 6) is 0. The van der Waals surface area contributed by atoms with Crippen LogP contribution in [0.5, 0.6) is 0 Å². The Hall–Kier alpha value is -4.56. The summed E-state index contributed by atoms with van der Waals surface area (Å²) in [6.45, 7) is 1.46. The lowest BCUT2D eigenvalue weighted by Crippen LogP contribution is -2.28. The molecule has 0 saturated carbocycles. The first-order valence-corrected chi connectivity index (χ1v) is 13.4. The molecule has 0 N–H and O–H groups in total. The molecule has 7 aromatic carbocycles. The van der Waals surface area contributed by atoms with Gasteiger partial charge in [0.05, 0.1) is 10.7 Å². The zero-order chi connectivity index (χ0) is 25.3. The number of nitrogens with zero attached hydrogens (tertiary/aromatic N) is 2. The van der Waals surface area contributed by atoms with Crippen LogP contribution in [-0.4, -0.2) is 13.1 Å². The Kier molecular flexibility index (Phi) is 5.79. The molecule has 0 saturated heterocycles. The second kappa shape index (κ2) is 9.72. The van der Waals surface area contributed by atoms with E-state index in [0.717, 1.165) is 36.6 Å². The van der Waals surface area contributed by atoms with Gasteiger partial charge in [-0.15, -0.1) is 0 Å². The maximum atomic E-state index is 5.29. The van der Waals surface area contributed by atoms with Gasteiger partial charge < -0.3 is 0 Å². The normalized spacial score (nSPS) is 12.9. The van der Waals surface area contributed by atoms with Crippen molar-refractivity contribution in [2.24, 2.45) is 9.98 Å². The third-order valence-corrected chi connectivity index (χ3v) is 7.62. The molecule has 2 nitrogen and oxygen atoms in total. The number of hydrogen-bond acceptors (Lipinski definition) is 2. The minimum absolute atomic E-state index is 0.726. The maximum Gasteiger partial charge on any atom is 0.0911 e. The third kappa shape index (κ3) is 3.99. The van der Waals surface area contributed by atoms with Crippen molar-refractivity contribution in [3.63, 3.8) is 0 Å². The van der Waals surface area contributed by atoms with Crippen LogP contribution < -0.4 is 10.7 Å². The molecule has 0 aromatic heterocycles. The zero-order valence-electron chi connectivity index (χ0n) is 21.3. The molecule has 0 unspecified atom stereocenters. The molecule has 0 heterocycles. The highest BCUT2D eigenvalue weighted by Crippen LogP contribution is 2.38. The molecule has 7 rings (SSSR count). The first kappa shape index (κ1) is 22.6. The summed E-state index contributed by atoms with van der Waals surface area (Å²) in [6.07, 6.45) is 1.82. The van der Waals surface area contributed by atoms with Crippen LogP contribution in [0.2, 0.25) is 0 Å². The Balaban J connectivity index is 1.50. The Labute approximate surface area is 222 Å². The molecule has 0 aliphatic carbocycles. The van der Waals surface area contributed by atoms with Crippen LogP contribution in [0, 0.1) is 0 Å². The van der Waals surface area contributed by atoms with E-state index in [1.54, 1.807) is 0 Å². The summed E-state index contributed by atoms with van der Waals surface area (Å²) in [6, 6.07) is 43.4. The molecule has 0 spiro atoms. The Morgan fingerprint density at radius 1 is 0.421 bits per heavy atom. The Morgan fingerprint density at radius 3 is 1.63 bits per heavy atom. The van der Waals surface area contributed by atoms with E-state index in [9.17, 15) is 0 Å². The van der Waals surface area contributed by atoms with Crippen molar-refractivity contribution in [3.8, 4) is 0 Å². The van der Waals surface area contributed by atoms with Crippen LogP contribution in [-0.2, 0) is 12.8 Å². The molecule has 182 valence electrons. The quantitative estimate of drug-likeness (QED) is 0.171. The maximum absolute atomic E-state index is 5.29. The van der Waals surface area contributed by atoms with Crippen LogP contribution in [0.25, 0.3) is 43.1 Å². The van der Waals surface area contributed by atoms with Crippen LogP contribution in [0.15, 0.2) is 131 Å². The predicted molar refractivity (Wildman–Crippen MR) is 160 cm³/mol. The highest BCUT2D eigenvalue weighted by atomic mass is 14.8. The Bertz CT molecular complexity index is 2000. The summed E-state index contributed by atoms with van der Waals surface area (Å²) >= 11 is 0. The number of fused-ring (bicyclic) bond motifs is 2. The highest BCUT2D eigenvalue weighted by Gasteiger charge is 2.15. The average Bonchev–Trinajstić information content (AvgIpc) is 2.97. The first-order valence-electron chi connectivity index (χ1n) is 13.4. The van der Waals surface area contributed by atoms with Gasteiger partial charge in [-0.3, -0.25) is 9.98 Å². The van der Waals surface area contributed by atoms with E-state index >= 15 is 0 Å². The van der Waals surface area contributed by atoms with Gasteiger partial charge in [0, 0.05) is 18.5 Å². The van der Waals surface area contributed by atoms with Crippen molar-refractivity contribution < 1.29 is 0 Å². The van der Waals surface area contributed by atoms with E-state index in [1.165, 1.54) is 54.2 Å². The number of rotatable bonds is 6. The minimum Gasteiger partial charge on any atom is -0.283 e. The summed E-state index contributed by atoms with van der Waals surface area (Å²) in [4.78, 5) is 10.5. The molecule has 0 bridgehead atoms. The topological polar surface area (TPSA) is 24.7 Å². The summed E-state index contributed by atoms with van der Waals surface area (Å²) < 4.78 is 0. The SMILES string of the molecule is c1ccc(CCN=c2cc3cccc4c5cccc6cccc(c(c2=NCCc2ccccc2)c34)c65)cc1. The molecule has 38 heavy (non-hydrogen) atoms. The Morgan fingerprint density at radius 2 is 0.974 bits per heavy atom. The van der Waals surface area contributed by atoms with E-state index in [1.807, 2.05) is 0 Å². The zero-order valence-corrected chi connectivity index (χ0v) is 21.3. The van der Waals surface area contributed by atoms with Crippen molar-refractivity contribution >= 4 is 43.1 Å². The molecular formula is C36H28N2. The fraction of sp³-hybridized carbons (Fsp3) is 0.111. The number of benzene rings is 7. The largest absolute Gasteiger partial charge is 0.283 e. The molecule has 0 aliphatic rings. The van der Waals surface area contributed by atoms with Gasteiger partial charge in [0.2, 0.25) is 0 Å². The van der Waals surface area contributed by atoms with Gasteiger partial charge in [-0.2, -0.15) is 0 Å². The standard InChI is InChI=1S/C36H28N2/c1-3-10-25(11-4-1)20-22-37-32-24-28-16-9-18-30-29-17-7-14-27-15-8-19-31(33(27)29)35(34(28)30)36(32)38-23-21-26-12-5-2-6-13-26/h1-19,24H,20-23H2. The predicted octanol–water partition coefficient (Wildman–Crippen LogP) is 7.46. The molecule has 0 fully saturated rings. The van der Waals surface area contributed by atoms with Crippen molar-refractivity contribution in [2.45, 2.75) is 12.8 Å². The second-order valence-corrected chi connectivity index (χ2v) is 9.97. The van der Waals surface area contributed by atoms with E-state index in [-0.39, 0.29) is 0 Å². The van der Waals surface area contributed by atoms with Crippen LogP contribution in [0.4, 0.5) is 0 Å². The fourth-order valence-corrected chi connectivity index (χ4v) is 5.86. The summed E-state index contributed by atoms with van der Waals surface area (Å²) in [7, 11) is 0. The van der Waals surface area contributed by atoms with E-state index in [0.29, 0.717) is 0 Å². The molecule has 0 aliphatic heterocycles. The second-order valence-electron chi connectivity index (χ2n) is 9.97. The molecule has 2 heteroatoms. The highest BCUT2D eigenvalue weighted by molar-refractivity contribution is 6.32. The monoisotopic (exact) mass is 488 g/mol.